The van der Waals surface area contributed by atoms with Crippen LogP contribution >= 0.6 is 0 Å². The topological polar surface area (TPSA) is 23.5 Å². The molecule has 1 aliphatic carbocycles. The molecule has 1 rings (SSSR count). The van der Waals surface area contributed by atoms with Gasteiger partial charge in [0.25, 0.3) is 0 Å². The highest BCUT2D eigenvalue weighted by molar-refractivity contribution is 4.86. The van der Waals surface area contributed by atoms with Gasteiger partial charge in [-0.2, -0.15) is 13.2 Å². The normalized spacial score (nSPS) is 27.6. The van der Waals surface area contributed by atoms with E-state index in [1.54, 1.807) is 0 Å². The lowest BCUT2D eigenvalue weighted by molar-refractivity contribution is -0.154. The number of aliphatic hydroxyl groups is 1. The fourth-order valence-electron chi connectivity index (χ4n) is 2.23. The molecule has 0 bridgehead atoms. The lowest BCUT2D eigenvalue weighted by Crippen LogP contribution is -2.45. The van der Waals surface area contributed by atoms with Gasteiger partial charge in [0.05, 0.1) is 12.6 Å². The monoisotopic (exact) mass is 225 g/mol. The van der Waals surface area contributed by atoms with Crippen molar-refractivity contribution >= 4 is 0 Å². The number of aliphatic hydroxyl groups excluding tert-OH is 1. The minimum atomic E-state index is -4.17. The lowest BCUT2D eigenvalue weighted by atomic mass is 10.1. The van der Waals surface area contributed by atoms with Crippen LogP contribution in [0.25, 0.3) is 0 Å². The second-order valence-electron chi connectivity index (χ2n) is 4.15. The third kappa shape index (κ3) is 3.99. The molecule has 0 aromatic heterocycles. The molecule has 5 heteroatoms. The second kappa shape index (κ2) is 5.16. The molecule has 1 saturated carbocycles. The van der Waals surface area contributed by atoms with E-state index in [1.165, 1.54) is 4.90 Å². The van der Waals surface area contributed by atoms with E-state index in [9.17, 15) is 18.3 Å². The number of halogens is 3. The van der Waals surface area contributed by atoms with Crippen LogP contribution in [0.5, 0.6) is 0 Å². The van der Waals surface area contributed by atoms with Crippen molar-refractivity contribution < 1.29 is 18.3 Å². The van der Waals surface area contributed by atoms with Crippen molar-refractivity contribution in [3.63, 3.8) is 0 Å². The Morgan fingerprint density at radius 2 is 2.00 bits per heavy atom. The molecule has 0 amide bonds. The molecule has 0 unspecified atom stereocenters. The molecule has 0 saturated heterocycles. The molecule has 90 valence electrons. The van der Waals surface area contributed by atoms with Gasteiger partial charge in [0, 0.05) is 6.04 Å². The van der Waals surface area contributed by atoms with E-state index in [0.717, 1.165) is 6.42 Å². The van der Waals surface area contributed by atoms with Gasteiger partial charge in [0.2, 0.25) is 0 Å². The molecule has 0 aromatic carbocycles. The van der Waals surface area contributed by atoms with Gasteiger partial charge in [-0.05, 0) is 32.2 Å². The average Bonchev–Trinajstić information content (AvgIpc) is 2.48. The summed E-state index contributed by atoms with van der Waals surface area (Å²) in [5, 5.41) is 9.57. The summed E-state index contributed by atoms with van der Waals surface area (Å²) in [6.07, 6.45) is -1.94. The number of alkyl halides is 3. The molecule has 0 aromatic rings. The maximum absolute atomic E-state index is 12.3. The Hall–Kier alpha value is -0.290. The summed E-state index contributed by atoms with van der Waals surface area (Å²) in [6, 6.07) is -0.299. The molecular formula is C10H18F3NO. The van der Waals surface area contributed by atoms with Crippen LogP contribution in [-0.4, -0.2) is 41.4 Å². The standard InChI is InChI=1S/C10H18F3NO/c1-2-6-14(7-10(11,12)13)8-4-3-5-9(8)15/h8-9,15H,2-7H2,1H3/t8-,9-/m0/s1. The summed E-state index contributed by atoms with van der Waals surface area (Å²) in [7, 11) is 0. The SMILES string of the molecule is CCCN(CC(F)(F)F)[C@H]1CCC[C@@H]1O. The minimum absolute atomic E-state index is 0.299. The van der Waals surface area contributed by atoms with Crippen LogP contribution in [0.3, 0.4) is 0 Å². The molecule has 2 atom stereocenters. The third-order valence-corrected chi connectivity index (χ3v) is 2.81. The molecule has 2 nitrogen and oxygen atoms in total. The van der Waals surface area contributed by atoms with Crippen LogP contribution in [0.15, 0.2) is 0 Å². The van der Waals surface area contributed by atoms with E-state index in [-0.39, 0.29) is 6.04 Å². The fourth-order valence-corrected chi connectivity index (χ4v) is 2.23. The van der Waals surface area contributed by atoms with Crippen LogP contribution in [0, 0.1) is 0 Å². The average molecular weight is 225 g/mol. The first kappa shape index (κ1) is 12.8. The number of hydrogen-bond donors (Lipinski definition) is 1. The zero-order valence-electron chi connectivity index (χ0n) is 8.93. The first-order valence-electron chi connectivity index (χ1n) is 5.43. The van der Waals surface area contributed by atoms with Crippen molar-refractivity contribution in [1.82, 2.24) is 4.90 Å². The molecular weight excluding hydrogens is 207 g/mol. The van der Waals surface area contributed by atoms with E-state index in [2.05, 4.69) is 0 Å². The predicted molar refractivity (Wildman–Crippen MR) is 51.6 cm³/mol. The Morgan fingerprint density at radius 3 is 2.40 bits per heavy atom. The summed E-state index contributed by atoms with van der Waals surface area (Å²) < 4.78 is 36.9. The summed E-state index contributed by atoms with van der Waals surface area (Å²) in [4.78, 5) is 1.37. The number of hydrogen-bond acceptors (Lipinski definition) is 2. The van der Waals surface area contributed by atoms with E-state index < -0.39 is 18.8 Å². The molecule has 1 N–H and O–H groups in total. The maximum atomic E-state index is 12.3. The maximum Gasteiger partial charge on any atom is 0.401 e. The smallest absolute Gasteiger partial charge is 0.391 e. The predicted octanol–water partition coefficient (Wildman–Crippen LogP) is 2.17. The van der Waals surface area contributed by atoms with Gasteiger partial charge in [0.15, 0.2) is 0 Å². The third-order valence-electron chi connectivity index (χ3n) is 2.81. The number of rotatable bonds is 4. The number of nitrogens with zero attached hydrogens (tertiary/aromatic N) is 1. The van der Waals surface area contributed by atoms with Crippen LogP contribution in [0.2, 0.25) is 0 Å². The highest BCUT2D eigenvalue weighted by Crippen LogP contribution is 2.27. The van der Waals surface area contributed by atoms with E-state index in [0.29, 0.717) is 25.8 Å². The van der Waals surface area contributed by atoms with Crippen molar-refractivity contribution in [3.05, 3.63) is 0 Å². The van der Waals surface area contributed by atoms with Crippen LogP contribution < -0.4 is 0 Å². The Kier molecular flexibility index (Phi) is 4.40. The highest BCUT2D eigenvalue weighted by atomic mass is 19.4. The van der Waals surface area contributed by atoms with Gasteiger partial charge >= 0.3 is 6.18 Å². The minimum Gasteiger partial charge on any atom is -0.391 e. The van der Waals surface area contributed by atoms with E-state index in [1.807, 2.05) is 6.92 Å². The molecule has 0 aliphatic heterocycles. The van der Waals surface area contributed by atoms with Crippen LogP contribution in [0.1, 0.15) is 32.6 Å². The molecule has 0 radical (unpaired) electrons. The zero-order chi connectivity index (χ0) is 11.5. The lowest BCUT2D eigenvalue weighted by Gasteiger charge is -2.31. The summed E-state index contributed by atoms with van der Waals surface area (Å²) in [5.74, 6) is 0. The van der Waals surface area contributed by atoms with Gasteiger partial charge in [-0.25, -0.2) is 0 Å². The van der Waals surface area contributed by atoms with Crippen molar-refractivity contribution in [1.29, 1.82) is 0 Å². The van der Waals surface area contributed by atoms with Crippen LogP contribution in [-0.2, 0) is 0 Å². The van der Waals surface area contributed by atoms with Gasteiger partial charge in [0.1, 0.15) is 0 Å². The summed E-state index contributed by atoms with van der Waals surface area (Å²) in [5.41, 5.74) is 0. The summed E-state index contributed by atoms with van der Waals surface area (Å²) in [6.45, 7) is 1.36. The van der Waals surface area contributed by atoms with Gasteiger partial charge < -0.3 is 5.11 Å². The van der Waals surface area contributed by atoms with Crippen molar-refractivity contribution in [3.8, 4) is 0 Å². The molecule has 0 spiro atoms. The van der Waals surface area contributed by atoms with Gasteiger partial charge in [-0.15, -0.1) is 0 Å². The molecule has 0 heterocycles. The Balaban J connectivity index is 2.56. The van der Waals surface area contributed by atoms with E-state index >= 15 is 0 Å². The van der Waals surface area contributed by atoms with Crippen molar-refractivity contribution in [2.75, 3.05) is 13.1 Å². The van der Waals surface area contributed by atoms with Crippen molar-refractivity contribution in [2.24, 2.45) is 0 Å². The Labute approximate surface area is 88.1 Å². The molecule has 1 aliphatic rings. The zero-order valence-corrected chi connectivity index (χ0v) is 8.93. The molecule has 15 heavy (non-hydrogen) atoms. The fraction of sp³-hybridized carbons (Fsp3) is 1.00. The van der Waals surface area contributed by atoms with E-state index in [4.69, 9.17) is 0 Å². The molecule has 1 fully saturated rings. The first-order valence-corrected chi connectivity index (χ1v) is 5.43. The van der Waals surface area contributed by atoms with Gasteiger partial charge in [-0.3, -0.25) is 4.90 Å². The van der Waals surface area contributed by atoms with Crippen molar-refractivity contribution in [2.45, 2.75) is 50.9 Å². The first-order chi connectivity index (χ1) is 6.94. The Morgan fingerprint density at radius 1 is 1.33 bits per heavy atom. The van der Waals surface area contributed by atoms with Gasteiger partial charge in [-0.1, -0.05) is 6.92 Å². The van der Waals surface area contributed by atoms with Crippen LogP contribution in [0.4, 0.5) is 13.2 Å². The highest BCUT2D eigenvalue weighted by Gasteiger charge is 2.37. The summed E-state index contributed by atoms with van der Waals surface area (Å²) >= 11 is 0. The largest absolute Gasteiger partial charge is 0.401 e. The Bertz CT molecular complexity index is 196. The second-order valence-corrected chi connectivity index (χ2v) is 4.15. The quantitative estimate of drug-likeness (QED) is 0.792.